The van der Waals surface area contributed by atoms with Crippen molar-refractivity contribution in [2.45, 2.75) is 58.4 Å². The van der Waals surface area contributed by atoms with Gasteiger partial charge in [0.25, 0.3) is 0 Å². The lowest BCUT2D eigenvalue weighted by Gasteiger charge is -2.28. The maximum Gasteiger partial charge on any atom is 0.317 e. The summed E-state index contributed by atoms with van der Waals surface area (Å²) in [4.78, 5) is 24.5. The second-order valence-corrected chi connectivity index (χ2v) is 6.01. The number of carboxylic acids is 1. The van der Waals surface area contributed by atoms with Gasteiger partial charge in [-0.1, -0.05) is 33.1 Å². The van der Waals surface area contributed by atoms with Gasteiger partial charge in [-0.3, -0.25) is 4.79 Å². The molecule has 0 aliphatic heterocycles. The van der Waals surface area contributed by atoms with Crippen LogP contribution >= 0.6 is 0 Å². The Morgan fingerprint density at radius 3 is 2.45 bits per heavy atom. The van der Waals surface area contributed by atoms with Crippen LogP contribution in [0.5, 0.6) is 0 Å². The Morgan fingerprint density at radius 1 is 1.35 bits per heavy atom. The average molecular weight is 284 g/mol. The summed E-state index contributed by atoms with van der Waals surface area (Å²) in [5.41, 5.74) is 0. The van der Waals surface area contributed by atoms with Crippen LogP contribution in [-0.2, 0) is 4.79 Å². The van der Waals surface area contributed by atoms with Crippen molar-refractivity contribution in [1.29, 1.82) is 0 Å². The number of carbonyl (C=O) groups excluding carboxylic acids is 1. The predicted molar refractivity (Wildman–Crippen MR) is 78.6 cm³/mol. The van der Waals surface area contributed by atoms with E-state index in [0.29, 0.717) is 5.92 Å². The first kappa shape index (κ1) is 16.8. The number of rotatable bonds is 7. The molecule has 20 heavy (non-hydrogen) atoms. The molecule has 0 spiro atoms. The number of hydrogen-bond acceptors (Lipinski definition) is 2. The van der Waals surface area contributed by atoms with Gasteiger partial charge < -0.3 is 15.3 Å². The molecule has 2 amide bonds. The third-order valence-electron chi connectivity index (χ3n) is 4.19. The van der Waals surface area contributed by atoms with Crippen LogP contribution in [0.25, 0.3) is 0 Å². The standard InChI is InChI=1S/C15H28N2O3/c1-4-7-13(12-8-5-6-9-12)16-15(20)17(3)10-11(2)14(18)19/h11-13H,4-10H2,1-3H3,(H,16,20)(H,18,19). The van der Waals surface area contributed by atoms with Crippen LogP contribution in [0, 0.1) is 11.8 Å². The second kappa shape index (κ2) is 8.12. The van der Waals surface area contributed by atoms with Gasteiger partial charge >= 0.3 is 12.0 Å². The first-order chi connectivity index (χ1) is 9.45. The van der Waals surface area contributed by atoms with Gasteiger partial charge in [0.15, 0.2) is 0 Å². The molecule has 5 nitrogen and oxygen atoms in total. The van der Waals surface area contributed by atoms with Gasteiger partial charge in [-0.15, -0.1) is 0 Å². The maximum atomic E-state index is 12.2. The molecule has 1 saturated carbocycles. The topological polar surface area (TPSA) is 69.6 Å². The highest BCUT2D eigenvalue weighted by atomic mass is 16.4. The summed E-state index contributed by atoms with van der Waals surface area (Å²) < 4.78 is 0. The van der Waals surface area contributed by atoms with Gasteiger partial charge in [0.05, 0.1) is 5.92 Å². The zero-order valence-corrected chi connectivity index (χ0v) is 12.9. The lowest BCUT2D eigenvalue weighted by Crippen LogP contribution is -2.47. The lowest BCUT2D eigenvalue weighted by atomic mass is 9.94. The Bertz CT molecular complexity index is 327. The van der Waals surface area contributed by atoms with Gasteiger partial charge in [0, 0.05) is 19.6 Å². The quantitative estimate of drug-likeness (QED) is 0.755. The molecule has 0 bridgehead atoms. The van der Waals surface area contributed by atoms with Crippen LogP contribution in [0.15, 0.2) is 0 Å². The number of amides is 2. The number of aliphatic carboxylic acids is 1. The highest BCUT2D eigenvalue weighted by Crippen LogP contribution is 2.29. The van der Waals surface area contributed by atoms with E-state index < -0.39 is 11.9 Å². The zero-order valence-electron chi connectivity index (χ0n) is 12.9. The highest BCUT2D eigenvalue weighted by Gasteiger charge is 2.27. The van der Waals surface area contributed by atoms with Gasteiger partial charge in [-0.2, -0.15) is 0 Å². The largest absolute Gasteiger partial charge is 0.481 e. The fourth-order valence-electron chi connectivity index (χ4n) is 2.94. The SMILES string of the molecule is CCCC(NC(=O)N(C)CC(C)C(=O)O)C1CCCC1. The van der Waals surface area contributed by atoms with E-state index in [4.69, 9.17) is 5.11 Å². The predicted octanol–water partition coefficient (Wildman–Crippen LogP) is 2.71. The van der Waals surface area contributed by atoms with E-state index in [1.165, 1.54) is 30.6 Å². The molecule has 0 saturated heterocycles. The summed E-state index contributed by atoms with van der Waals surface area (Å²) in [6.45, 7) is 3.99. The summed E-state index contributed by atoms with van der Waals surface area (Å²) in [7, 11) is 1.66. The number of urea groups is 1. The number of carbonyl (C=O) groups is 2. The number of hydrogen-bond donors (Lipinski definition) is 2. The summed E-state index contributed by atoms with van der Waals surface area (Å²) in [5.74, 6) is -0.823. The molecule has 0 aromatic heterocycles. The molecule has 0 aromatic rings. The molecule has 0 radical (unpaired) electrons. The van der Waals surface area contributed by atoms with E-state index in [0.717, 1.165) is 12.8 Å². The van der Waals surface area contributed by atoms with Crippen molar-refractivity contribution in [3.8, 4) is 0 Å². The molecule has 1 aliphatic carbocycles. The molecule has 2 N–H and O–H groups in total. The van der Waals surface area contributed by atoms with Crippen LogP contribution in [0.1, 0.15) is 52.4 Å². The van der Waals surface area contributed by atoms with E-state index in [1.54, 1.807) is 14.0 Å². The van der Waals surface area contributed by atoms with Gasteiger partial charge in [0.2, 0.25) is 0 Å². The lowest BCUT2D eigenvalue weighted by molar-refractivity contribution is -0.141. The van der Waals surface area contributed by atoms with Crippen LogP contribution < -0.4 is 5.32 Å². The Morgan fingerprint density at radius 2 is 1.95 bits per heavy atom. The second-order valence-electron chi connectivity index (χ2n) is 6.01. The summed E-state index contributed by atoms with van der Waals surface area (Å²) in [5, 5.41) is 12.0. The number of nitrogens with one attached hydrogen (secondary N) is 1. The smallest absolute Gasteiger partial charge is 0.317 e. The Labute approximate surface area is 121 Å². The van der Waals surface area contributed by atoms with Crippen molar-refractivity contribution >= 4 is 12.0 Å². The molecule has 5 heteroatoms. The van der Waals surface area contributed by atoms with Crippen molar-refractivity contribution in [2.75, 3.05) is 13.6 Å². The summed E-state index contributed by atoms with van der Waals surface area (Å²) in [6.07, 6.45) is 6.95. The minimum absolute atomic E-state index is 0.150. The van der Waals surface area contributed by atoms with E-state index in [-0.39, 0.29) is 18.6 Å². The van der Waals surface area contributed by atoms with E-state index >= 15 is 0 Å². The molecule has 2 unspecified atom stereocenters. The fraction of sp³-hybridized carbons (Fsp3) is 0.867. The molecule has 116 valence electrons. The molecule has 1 aliphatic rings. The van der Waals surface area contributed by atoms with Crippen LogP contribution in [-0.4, -0.2) is 41.6 Å². The molecule has 1 fully saturated rings. The van der Waals surface area contributed by atoms with Crippen molar-refractivity contribution in [3.05, 3.63) is 0 Å². The zero-order chi connectivity index (χ0) is 15.1. The van der Waals surface area contributed by atoms with Gasteiger partial charge in [-0.05, 0) is 25.2 Å². The minimum atomic E-state index is -0.870. The Hall–Kier alpha value is -1.26. The summed E-state index contributed by atoms with van der Waals surface area (Å²) >= 11 is 0. The third kappa shape index (κ3) is 5.02. The molecule has 2 atom stereocenters. The van der Waals surface area contributed by atoms with Crippen LogP contribution in [0.3, 0.4) is 0 Å². The van der Waals surface area contributed by atoms with E-state index in [9.17, 15) is 9.59 Å². The first-order valence-electron chi connectivity index (χ1n) is 7.70. The van der Waals surface area contributed by atoms with Gasteiger partial charge in [0.1, 0.15) is 0 Å². The van der Waals surface area contributed by atoms with Crippen LogP contribution in [0.2, 0.25) is 0 Å². The van der Waals surface area contributed by atoms with Crippen molar-refractivity contribution in [2.24, 2.45) is 11.8 Å². The maximum absolute atomic E-state index is 12.2. The molecular formula is C15H28N2O3. The minimum Gasteiger partial charge on any atom is -0.481 e. The third-order valence-corrected chi connectivity index (χ3v) is 4.19. The highest BCUT2D eigenvalue weighted by molar-refractivity contribution is 5.76. The Kier molecular flexibility index (Phi) is 6.82. The normalized spacial score (nSPS) is 18.6. The fourth-order valence-corrected chi connectivity index (χ4v) is 2.94. The average Bonchev–Trinajstić information content (AvgIpc) is 2.91. The monoisotopic (exact) mass is 284 g/mol. The van der Waals surface area contributed by atoms with Crippen molar-refractivity contribution < 1.29 is 14.7 Å². The summed E-state index contributed by atoms with van der Waals surface area (Å²) in [6, 6.07) is 0.0843. The van der Waals surface area contributed by atoms with E-state index in [1.807, 2.05) is 0 Å². The Balaban J connectivity index is 2.49. The van der Waals surface area contributed by atoms with Gasteiger partial charge in [-0.25, -0.2) is 4.79 Å². The first-order valence-corrected chi connectivity index (χ1v) is 7.70. The molecule has 0 aromatic carbocycles. The van der Waals surface area contributed by atoms with Crippen LogP contribution in [0.4, 0.5) is 4.79 Å². The van der Waals surface area contributed by atoms with E-state index in [2.05, 4.69) is 12.2 Å². The number of nitrogens with zero attached hydrogens (tertiary/aromatic N) is 1. The molecular weight excluding hydrogens is 256 g/mol. The number of carboxylic acid groups (broad SMARTS) is 1. The molecule has 0 heterocycles. The van der Waals surface area contributed by atoms with Crippen molar-refractivity contribution in [1.82, 2.24) is 10.2 Å². The molecule has 1 rings (SSSR count). The van der Waals surface area contributed by atoms with Crippen molar-refractivity contribution in [3.63, 3.8) is 0 Å².